The van der Waals surface area contributed by atoms with Gasteiger partial charge >= 0.3 is 0 Å². The van der Waals surface area contributed by atoms with Crippen LogP contribution in [0.25, 0.3) is 0 Å². The van der Waals surface area contributed by atoms with Crippen LogP contribution in [0.2, 0.25) is 0 Å². The van der Waals surface area contributed by atoms with Crippen molar-refractivity contribution in [2.24, 2.45) is 0 Å². The van der Waals surface area contributed by atoms with Crippen LogP contribution in [-0.4, -0.2) is 23.0 Å². The predicted molar refractivity (Wildman–Crippen MR) is 56.1 cm³/mol. The Morgan fingerprint density at radius 3 is 2.69 bits per heavy atom. The van der Waals surface area contributed by atoms with Crippen LogP contribution in [0, 0.1) is 10.1 Å². The van der Waals surface area contributed by atoms with E-state index in [1.165, 1.54) is 37.1 Å². The molecular weight excluding hydrogens is 212 g/mol. The Morgan fingerprint density at radius 1 is 1.50 bits per heavy atom. The second-order valence-electron chi connectivity index (χ2n) is 3.89. The van der Waals surface area contributed by atoms with E-state index < -0.39 is 16.4 Å². The fourth-order valence-corrected chi connectivity index (χ4v) is 1.87. The van der Waals surface area contributed by atoms with Gasteiger partial charge in [-0.3, -0.25) is 14.9 Å². The highest BCUT2D eigenvalue weighted by atomic mass is 16.6. The third-order valence-electron chi connectivity index (χ3n) is 2.80. The Morgan fingerprint density at radius 2 is 2.12 bits per heavy atom. The Labute approximate surface area is 91.3 Å². The van der Waals surface area contributed by atoms with Crippen LogP contribution in [0.15, 0.2) is 18.2 Å². The maximum absolute atomic E-state index is 11.7. The lowest BCUT2D eigenvalue weighted by Crippen LogP contribution is -2.35. The number of hydrogen-bond acceptors (Lipinski definition) is 4. The van der Waals surface area contributed by atoms with Crippen molar-refractivity contribution in [2.45, 2.75) is 12.5 Å². The second-order valence-corrected chi connectivity index (χ2v) is 3.89. The van der Waals surface area contributed by atoms with Gasteiger partial charge in [0, 0.05) is 24.7 Å². The largest absolute Gasteiger partial charge is 0.375 e. The highest BCUT2D eigenvalue weighted by molar-refractivity contribution is 6.06. The first-order valence-corrected chi connectivity index (χ1v) is 4.65. The Balaban J connectivity index is 2.65. The maximum Gasteiger partial charge on any atom is 0.269 e. The van der Waals surface area contributed by atoms with E-state index in [-0.39, 0.29) is 11.3 Å². The number of hydrogen-bond donors (Lipinski definition) is 1. The maximum atomic E-state index is 11.7. The molecule has 0 aromatic heterocycles. The van der Waals surface area contributed by atoms with Crippen molar-refractivity contribution in [3.05, 3.63) is 33.9 Å². The highest BCUT2D eigenvalue weighted by Gasteiger charge is 2.45. The third kappa shape index (κ3) is 1.20. The van der Waals surface area contributed by atoms with Gasteiger partial charge in [0.1, 0.15) is 0 Å². The van der Waals surface area contributed by atoms with Gasteiger partial charge in [-0.1, -0.05) is 0 Å². The number of fused-ring (bicyclic) bond motifs is 1. The van der Waals surface area contributed by atoms with E-state index >= 15 is 0 Å². The molecule has 0 radical (unpaired) electrons. The molecule has 1 aliphatic heterocycles. The summed E-state index contributed by atoms with van der Waals surface area (Å²) in [7, 11) is 1.52. The quantitative estimate of drug-likeness (QED) is 0.562. The van der Waals surface area contributed by atoms with Crippen LogP contribution in [-0.2, 0) is 10.4 Å². The number of non-ortho nitro benzene ring substituents is 1. The van der Waals surface area contributed by atoms with Gasteiger partial charge in [0.15, 0.2) is 5.60 Å². The van der Waals surface area contributed by atoms with Crippen molar-refractivity contribution < 1.29 is 14.8 Å². The number of nitro benzene ring substituents is 1. The molecule has 0 spiro atoms. The smallest absolute Gasteiger partial charge is 0.269 e. The summed E-state index contributed by atoms with van der Waals surface area (Å²) in [6.45, 7) is 1.33. The first kappa shape index (κ1) is 10.6. The van der Waals surface area contributed by atoms with E-state index in [1.54, 1.807) is 0 Å². The lowest BCUT2D eigenvalue weighted by molar-refractivity contribution is -0.385. The van der Waals surface area contributed by atoms with Gasteiger partial charge in [-0.2, -0.15) is 0 Å². The van der Waals surface area contributed by atoms with Gasteiger partial charge in [-0.15, -0.1) is 0 Å². The number of rotatable bonds is 1. The average molecular weight is 222 g/mol. The molecule has 1 unspecified atom stereocenters. The van der Waals surface area contributed by atoms with Gasteiger partial charge in [0.25, 0.3) is 11.6 Å². The molecule has 6 nitrogen and oxygen atoms in total. The molecule has 0 aliphatic carbocycles. The number of amides is 1. The molecular formula is C10H10N2O4. The van der Waals surface area contributed by atoms with Crippen LogP contribution >= 0.6 is 0 Å². The molecule has 6 heteroatoms. The zero-order valence-corrected chi connectivity index (χ0v) is 8.80. The first-order chi connectivity index (χ1) is 7.35. The van der Waals surface area contributed by atoms with Gasteiger partial charge in [0.2, 0.25) is 0 Å². The van der Waals surface area contributed by atoms with Crippen LogP contribution in [0.3, 0.4) is 0 Å². The van der Waals surface area contributed by atoms with Crippen molar-refractivity contribution in [1.82, 2.24) is 0 Å². The van der Waals surface area contributed by atoms with Crippen molar-refractivity contribution in [3.8, 4) is 0 Å². The van der Waals surface area contributed by atoms with Crippen LogP contribution in [0.1, 0.15) is 12.5 Å². The molecule has 0 bridgehead atoms. The summed E-state index contributed by atoms with van der Waals surface area (Å²) in [5.41, 5.74) is -1.05. The molecule has 1 aromatic carbocycles. The molecule has 1 heterocycles. The number of anilines is 1. The SMILES string of the molecule is CN1C(=O)C(C)(O)c2cc([N+](=O)[O-])ccc21. The minimum Gasteiger partial charge on any atom is -0.375 e. The Bertz CT molecular complexity index is 496. The van der Waals surface area contributed by atoms with E-state index in [9.17, 15) is 20.0 Å². The Hall–Kier alpha value is -1.95. The minimum atomic E-state index is -1.68. The standard InChI is InChI=1S/C10H10N2O4/c1-10(14)7-5-6(12(15)16)3-4-8(7)11(2)9(10)13/h3-5,14H,1-2H3. The molecule has 1 N–H and O–H groups in total. The molecule has 0 fully saturated rings. The monoisotopic (exact) mass is 222 g/mol. The number of nitro groups is 1. The predicted octanol–water partition coefficient (Wildman–Crippen LogP) is 0.779. The van der Waals surface area contributed by atoms with Crippen LogP contribution < -0.4 is 4.90 Å². The molecule has 1 amide bonds. The summed E-state index contributed by atoms with van der Waals surface area (Å²) >= 11 is 0. The van der Waals surface area contributed by atoms with Crippen LogP contribution in [0.4, 0.5) is 11.4 Å². The lowest BCUT2D eigenvalue weighted by atomic mass is 9.97. The van der Waals surface area contributed by atoms with E-state index in [4.69, 9.17) is 0 Å². The molecule has 0 saturated heterocycles. The van der Waals surface area contributed by atoms with Crippen LogP contribution in [0.5, 0.6) is 0 Å². The number of carbonyl (C=O) groups is 1. The first-order valence-electron chi connectivity index (χ1n) is 4.65. The molecule has 2 rings (SSSR count). The van der Waals surface area contributed by atoms with Crippen molar-refractivity contribution >= 4 is 17.3 Å². The molecule has 1 aliphatic rings. The van der Waals surface area contributed by atoms with Gasteiger partial charge in [-0.25, -0.2) is 0 Å². The molecule has 84 valence electrons. The van der Waals surface area contributed by atoms with E-state index in [0.29, 0.717) is 5.69 Å². The number of benzene rings is 1. The molecule has 1 aromatic rings. The molecule has 0 saturated carbocycles. The second kappa shape index (κ2) is 3.02. The van der Waals surface area contributed by atoms with Crippen molar-refractivity contribution in [1.29, 1.82) is 0 Å². The number of nitrogens with zero attached hydrogens (tertiary/aromatic N) is 2. The normalized spacial score (nSPS) is 23.4. The molecule has 16 heavy (non-hydrogen) atoms. The fraction of sp³-hybridized carbons (Fsp3) is 0.300. The summed E-state index contributed by atoms with van der Waals surface area (Å²) in [5, 5.41) is 20.6. The zero-order chi connectivity index (χ0) is 12.1. The summed E-state index contributed by atoms with van der Waals surface area (Å²) in [6, 6.07) is 4.01. The molecule has 1 atom stereocenters. The number of aliphatic hydroxyl groups is 1. The number of carbonyl (C=O) groups excluding carboxylic acids is 1. The number of likely N-dealkylation sites (N-methyl/N-ethyl adjacent to an activating group) is 1. The fourth-order valence-electron chi connectivity index (χ4n) is 1.87. The Kier molecular flexibility index (Phi) is 1.99. The summed E-state index contributed by atoms with van der Waals surface area (Å²) in [4.78, 5) is 23.0. The topological polar surface area (TPSA) is 83.7 Å². The van der Waals surface area contributed by atoms with E-state index in [1.807, 2.05) is 0 Å². The zero-order valence-electron chi connectivity index (χ0n) is 8.80. The van der Waals surface area contributed by atoms with E-state index in [2.05, 4.69) is 0 Å². The minimum absolute atomic E-state index is 0.137. The van der Waals surface area contributed by atoms with Crippen molar-refractivity contribution in [2.75, 3.05) is 11.9 Å². The third-order valence-corrected chi connectivity index (χ3v) is 2.80. The van der Waals surface area contributed by atoms with Gasteiger partial charge in [-0.05, 0) is 13.0 Å². The average Bonchev–Trinajstić information content (AvgIpc) is 2.40. The van der Waals surface area contributed by atoms with Gasteiger partial charge in [0.05, 0.1) is 10.6 Å². The highest BCUT2D eigenvalue weighted by Crippen LogP contribution is 2.40. The van der Waals surface area contributed by atoms with Crippen molar-refractivity contribution in [3.63, 3.8) is 0 Å². The summed E-state index contributed by atoms with van der Waals surface area (Å²) in [6.07, 6.45) is 0. The lowest BCUT2D eigenvalue weighted by Gasteiger charge is -2.14. The summed E-state index contributed by atoms with van der Waals surface area (Å²) in [5.74, 6) is -0.483. The summed E-state index contributed by atoms with van der Waals surface area (Å²) < 4.78 is 0. The van der Waals surface area contributed by atoms with Gasteiger partial charge < -0.3 is 10.0 Å². The van der Waals surface area contributed by atoms with E-state index in [0.717, 1.165) is 0 Å².